The Balaban J connectivity index is 3.76. The first-order valence-electron chi connectivity index (χ1n) is 3.72. The second-order valence-electron chi connectivity index (χ2n) is 2.63. The lowest BCUT2D eigenvalue weighted by atomic mass is 10.1. The van der Waals surface area contributed by atoms with E-state index in [1.807, 2.05) is 0 Å². The van der Waals surface area contributed by atoms with E-state index in [2.05, 4.69) is 0 Å². The van der Waals surface area contributed by atoms with Crippen LogP contribution in [0, 0.1) is 0 Å². The Morgan fingerprint density at radius 1 is 1.33 bits per heavy atom. The first-order valence-corrected chi connectivity index (χ1v) is 4.16. The summed E-state index contributed by atoms with van der Waals surface area (Å²) < 4.78 is 47.1. The fourth-order valence-corrected chi connectivity index (χ4v) is 1.16. The van der Waals surface area contributed by atoms with E-state index in [-0.39, 0.29) is 0 Å². The van der Waals surface area contributed by atoms with Crippen molar-refractivity contribution >= 4 is 11.6 Å². The van der Waals surface area contributed by atoms with Crippen LogP contribution in [-0.2, 0) is 0 Å². The molecular weight excluding hydrogens is 196 g/mol. The van der Waals surface area contributed by atoms with Crippen LogP contribution in [0.4, 0.5) is 17.6 Å². The molecule has 2 unspecified atom stereocenters. The van der Waals surface area contributed by atoms with Gasteiger partial charge < -0.3 is 0 Å². The molecule has 12 heavy (non-hydrogen) atoms. The van der Waals surface area contributed by atoms with Gasteiger partial charge in [-0.15, -0.1) is 11.6 Å². The van der Waals surface area contributed by atoms with Crippen LogP contribution in [0.15, 0.2) is 0 Å². The van der Waals surface area contributed by atoms with Crippen LogP contribution in [-0.4, -0.2) is 17.7 Å². The smallest absolute Gasteiger partial charge is 0.237 e. The fourth-order valence-electron chi connectivity index (χ4n) is 0.789. The lowest BCUT2D eigenvalue weighted by Crippen LogP contribution is -2.27. The van der Waals surface area contributed by atoms with Crippen LogP contribution in [0.25, 0.3) is 0 Å². The summed E-state index contributed by atoms with van der Waals surface area (Å²) in [5.74, 6) is 0. The minimum atomic E-state index is -4.76. The third-order valence-electron chi connectivity index (χ3n) is 1.42. The van der Waals surface area contributed by atoms with E-state index in [1.54, 1.807) is 6.92 Å². The summed E-state index contributed by atoms with van der Waals surface area (Å²) >= 11 is 5.44. The molecule has 0 aromatic heterocycles. The van der Waals surface area contributed by atoms with Gasteiger partial charge >= 0.3 is 6.18 Å². The van der Waals surface area contributed by atoms with Gasteiger partial charge in [-0.3, -0.25) is 0 Å². The molecular formula is C7H11ClF4. The minimum absolute atomic E-state index is 0.415. The van der Waals surface area contributed by atoms with Crippen molar-refractivity contribution in [2.24, 2.45) is 0 Å². The molecule has 0 aliphatic heterocycles. The van der Waals surface area contributed by atoms with Crippen molar-refractivity contribution in [3.63, 3.8) is 0 Å². The lowest BCUT2D eigenvalue weighted by molar-refractivity contribution is -0.181. The Morgan fingerprint density at radius 3 is 2.17 bits per heavy atom. The van der Waals surface area contributed by atoms with Gasteiger partial charge in [0.05, 0.1) is 0 Å². The number of hydrogen-bond acceptors (Lipinski definition) is 0. The van der Waals surface area contributed by atoms with Crippen molar-refractivity contribution in [3.8, 4) is 0 Å². The van der Waals surface area contributed by atoms with E-state index in [0.717, 1.165) is 0 Å². The van der Waals surface area contributed by atoms with Crippen LogP contribution in [0.5, 0.6) is 0 Å². The van der Waals surface area contributed by atoms with Crippen LogP contribution in [0.2, 0.25) is 0 Å². The average Bonchev–Trinajstić information content (AvgIpc) is 1.85. The summed E-state index contributed by atoms with van der Waals surface area (Å²) in [5.41, 5.74) is 0. The third kappa shape index (κ3) is 4.80. The number of rotatable bonds is 4. The molecule has 0 fully saturated rings. The molecule has 0 rings (SSSR count). The predicted molar refractivity (Wildman–Crippen MR) is 40.1 cm³/mol. The van der Waals surface area contributed by atoms with Crippen LogP contribution in [0.1, 0.15) is 26.2 Å². The maximum Gasteiger partial charge on any atom is 0.419 e. The van der Waals surface area contributed by atoms with Gasteiger partial charge in [0, 0.05) is 11.8 Å². The molecule has 0 amide bonds. The van der Waals surface area contributed by atoms with E-state index >= 15 is 0 Å². The van der Waals surface area contributed by atoms with E-state index in [0.29, 0.717) is 12.8 Å². The molecule has 2 atom stereocenters. The zero-order chi connectivity index (χ0) is 9.78. The number of alkyl halides is 5. The summed E-state index contributed by atoms with van der Waals surface area (Å²) in [6, 6.07) is 0. The Labute approximate surface area is 73.9 Å². The number of halogens is 5. The zero-order valence-corrected chi connectivity index (χ0v) is 7.42. The monoisotopic (exact) mass is 206 g/mol. The topological polar surface area (TPSA) is 0 Å². The highest BCUT2D eigenvalue weighted by Crippen LogP contribution is 2.28. The Bertz CT molecular complexity index is 123. The molecule has 0 heterocycles. The Hall–Kier alpha value is 0.01000. The molecule has 0 aromatic carbocycles. The second kappa shape index (κ2) is 4.90. The summed E-state index contributed by atoms with van der Waals surface area (Å²) in [6.45, 7) is 1.79. The van der Waals surface area contributed by atoms with Gasteiger partial charge in [0.25, 0.3) is 0 Å². The molecule has 0 N–H and O–H groups in total. The molecule has 0 nitrogen and oxygen atoms in total. The van der Waals surface area contributed by atoms with Gasteiger partial charge in [0.1, 0.15) is 0 Å². The standard InChI is InChI=1S/C7H11ClF4/c1-2-3-5(8)4-6(9)7(10,11)12/h5-6H,2-4H2,1H3. The van der Waals surface area contributed by atoms with Gasteiger partial charge in [-0.25, -0.2) is 4.39 Å². The van der Waals surface area contributed by atoms with Crippen molar-refractivity contribution in [3.05, 3.63) is 0 Å². The van der Waals surface area contributed by atoms with Crippen molar-refractivity contribution in [1.82, 2.24) is 0 Å². The highest BCUT2D eigenvalue weighted by atomic mass is 35.5. The molecule has 0 saturated heterocycles. The van der Waals surface area contributed by atoms with Gasteiger partial charge in [-0.05, 0) is 6.42 Å². The molecule has 0 aliphatic carbocycles. The van der Waals surface area contributed by atoms with Gasteiger partial charge in [0.2, 0.25) is 0 Å². The maximum absolute atomic E-state index is 12.3. The predicted octanol–water partition coefficient (Wildman–Crippen LogP) is 3.68. The van der Waals surface area contributed by atoms with Gasteiger partial charge in [-0.1, -0.05) is 13.3 Å². The van der Waals surface area contributed by atoms with E-state index in [1.165, 1.54) is 0 Å². The quantitative estimate of drug-likeness (QED) is 0.486. The highest BCUT2D eigenvalue weighted by molar-refractivity contribution is 6.20. The SMILES string of the molecule is CCCC(Cl)CC(F)C(F)(F)F. The van der Waals surface area contributed by atoms with Crippen molar-refractivity contribution < 1.29 is 17.6 Å². The summed E-state index contributed by atoms with van der Waals surface area (Å²) in [4.78, 5) is 0. The largest absolute Gasteiger partial charge is 0.419 e. The molecule has 5 heteroatoms. The molecule has 0 aromatic rings. The van der Waals surface area contributed by atoms with E-state index in [4.69, 9.17) is 11.6 Å². The molecule has 0 aliphatic rings. The molecule has 0 spiro atoms. The van der Waals surface area contributed by atoms with Crippen LogP contribution in [0.3, 0.4) is 0 Å². The minimum Gasteiger partial charge on any atom is -0.237 e. The summed E-state index contributed by atoms with van der Waals surface area (Å²) in [6.07, 6.45) is -7.11. The first kappa shape index (κ1) is 12.0. The summed E-state index contributed by atoms with van der Waals surface area (Å²) in [7, 11) is 0. The Kier molecular flexibility index (Phi) is 4.90. The van der Waals surface area contributed by atoms with Crippen molar-refractivity contribution in [1.29, 1.82) is 0 Å². The molecule has 0 saturated carbocycles. The fraction of sp³-hybridized carbons (Fsp3) is 1.00. The van der Waals surface area contributed by atoms with Crippen LogP contribution < -0.4 is 0 Å². The number of hydrogen-bond donors (Lipinski definition) is 0. The lowest BCUT2D eigenvalue weighted by Gasteiger charge is -2.14. The second-order valence-corrected chi connectivity index (χ2v) is 3.25. The molecule has 74 valence electrons. The van der Waals surface area contributed by atoms with Gasteiger partial charge in [-0.2, -0.15) is 13.2 Å². The van der Waals surface area contributed by atoms with Crippen molar-refractivity contribution in [2.75, 3.05) is 0 Å². The third-order valence-corrected chi connectivity index (χ3v) is 1.82. The highest BCUT2D eigenvalue weighted by Gasteiger charge is 2.40. The molecule has 0 bridgehead atoms. The molecule has 0 radical (unpaired) electrons. The zero-order valence-electron chi connectivity index (χ0n) is 6.67. The maximum atomic E-state index is 12.3. The van der Waals surface area contributed by atoms with Gasteiger partial charge in [0.15, 0.2) is 6.17 Å². The normalized spacial score (nSPS) is 17.5. The van der Waals surface area contributed by atoms with E-state index < -0.39 is 24.1 Å². The van der Waals surface area contributed by atoms with Crippen LogP contribution >= 0.6 is 11.6 Å². The van der Waals surface area contributed by atoms with Crippen molar-refractivity contribution in [2.45, 2.75) is 43.9 Å². The average molecular weight is 207 g/mol. The first-order chi connectivity index (χ1) is 5.38. The Morgan fingerprint density at radius 2 is 1.83 bits per heavy atom. The van der Waals surface area contributed by atoms with E-state index in [9.17, 15) is 17.6 Å². The summed E-state index contributed by atoms with van der Waals surface area (Å²) in [5, 5.41) is -0.716.